The van der Waals surface area contributed by atoms with E-state index < -0.39 is 0 Å². The van der Waals surface area contributed by atoms with E-state index in [0.29, 0.717) is 24.4 Å². The summed E-state index contributed by atoms with van der Waals surface area (Å²) in [4.78, 5) is 22.0. The zero-order valence-corrected chi connectivity index (χ0v) is 18.5. The molecule has 0 aliphatic heterocycles. The molecule has 0 aromatic heterocycles. The maximum absolute atomic E-state index is 12.4. The van der Waals surface area contributed by atoms with E-state index >= 15 is 0 Å². The van der Waals surface area contributed by atoms with Crippen LogP contribution in [-0.4, -0.2) is 25.7 Å². The highest BCUT2D eigenvalue weighted by atomic mass is 16.5. The molecule has 27 heavy (non-hydrogen) atoms. The van der Waals surface area contributed by atoms with Crippen molar-refractivity contribution in [2.45, 2.75) is 86.0 Å². The SMILES string of the molecule is CC.CCC1CCC(COC(=O)C2C3CCC(C3)C2C)CC1.COC(C)=O. The fourth-order valence-corrected chi connectivity index (χ4v) is 5.09. The topological polar surface area (TPSA) is 52.6 Å². The summed E-state index contributed by atoms with van der Waals surface area (Å²) in [5, 5.41) is 0. The molecule has 0 radical (unpaired) electrons. The van der Waals surface area contributed by atoms with E-state index in [1.807, 2.05) is 13.8 Å². The van der Waals surface area contributed by atoms with Crippen molar-refractivity contribution < 1.29 is 19.1 Å². The maximum atomic E-state index is 12.4. The Labute approximate surface area is 166 Å². The second-order valence-electron chi connectivity index (χ2n) is 8.34. The third-order valence-corrected chi connectivity index (χ3v) is 6.90. The van der Waals surface area contributed by atoms with Gasteiger partial charge in [0.1, 0.15) is 0 Å². The summed E-state index contributed by atoms with van der Waals surface area (Å²) in [6, 6.07) is 0. The van der Waals surface area contributed by atoms with Gasteiger partial charge in [0.15, 0.2) is 0 Å². The van der Waals surface area contributed by atoms with Gasteiger partial charge in [0.05, 0.1) is 19.6 Å². The molecule has 0 spiro atoms. The molecule has 3 fully saturated rings. The molecule has 4 heteroatoms. The number of rotatable bonds is 4. The van der Waals surface area contributed by atoms with Crippen LogP contribution in [0.2, 0.25) is 0 Å². The number of ether oxygens (including phenoxy) is 2. The van der Waals surface area contributed by atoms with Crippen molar-refractivity contribution in [1.82, 2.24) is 0 Å². The predicted molar refractivity (Wildman–Crippen MR) is 109 cm³/mol. The zero-order valence-electron chi connectivity index (χ0n) is 18.5. The minimum Gasteiger partial charge on any atom is -0.469 e. The summed E-state index contributed by atoms with van der Waals surface area (Å²) in [5.41, 5.74) is 0. The number of esters is 2. The first-order valence-electron chi connectivity index (χ1n) is 11.2. The molecule has 3 aliphatic rings. The Morgan fingerprint density at radius 2 is 1.44 bits per heavy atom. The third-order valence-electron chi connectivity index (χ3n) is 6.90. The molecule has 3 saturated carbocycles. The summed E-state index contributed by atoms with van der Waals surface area (Å²) in [7, 11) is 1.35. The lowest BCUT2D eigenvalue weighted by atomic mass is 9.80. The van der Waals surface area contributed by atoms with Gasteiger partial charge in [0.2, 0.25) is 0 Å². The van der Waals surface area contributed by atoms with Gasteiger partial charge in [0.25, 0.3) is 0 Å². The van der Waals surface area contributed by atoms with Crippen molar-refractivity contribution in [3.05, 3.63) is 0 Å². The van der Waals surface area contributed by atoms with Crippen LogP contribution in [0.1, 0.15) is 86.0 Å². The van der Waals surface area contributed by atoms with Crippen LogP contribution in [0.5, 0.6) is 0 Å². The molecular weight excluding hydrogens is 340 g/mol. The Morgan fingerprint density at radius 3 is 1.89 bits per heavy atom. The summed E-state index contributed by atoms with van der Waals surface area (Å²) < 4.78 is 9.83. The van der Waals surface area contributed by atoms with Crippen LogP contribution in [-0.2, 0) is 19.1 Å². The summed E-state index contributed by atoms with van der Waals surface area (Å²) in [6.07, 6.45) is 10.4. The molecule has 0 heterocycles. The first-order valence-corrected chi connectivity index (χ1v) is 11.2. The molecule has 3 rings (SSSR count). The van der Waals surface area contributed by atoms with Crippen molar-refractivity contribution >= 4 is 11.9 Å². The van der Waals surface area contributed by atoms with E-state index in [9.17, 15) is 9.59 Å². The van der Waals surface area contributed by atoms with E-state index in [4.69, 9.17) is 4.74 Å². The lowest BCUT2D eigenvalue weighted by Crippen LogP contribution is -2.31. The van der Waals surface area contributed by atoms with Crippen molar-refractivity contribution in [1.29, 1.82) is 0 Å². The number of methoxy groups -OCH3 is 1. The molecular formula is C23H42O4. The Bertz CT molecular complexity index is 438. The van der Waals surface area contributed by atoms with Gasteiger partial charge in [-0.1, -0.05) is 47.0 Å². The minimum atomic E-state index is -0.245. The van der Waals surface area contributed by atoms with Crippen molar-refractivity contribution in [2.24, 2.45) is 35.5 Å². The molecule has 0 N–H and O–H groups in total. The Balaban J connectivity index is 0.000000454. The highest BCUT2D eigenvalue weighted by molar-refractivity contribution is 5.74. The van der Waals surface area contributed by atoms with Crippen LogP contribution in [0.3, 0.4) is 0 Å². The first-order chi connectivity index (χ1) is 13.0. The fourth-order valence-electron chi connectivity index (χ4n) is 5.09. The number of hydrogen-bond donors (Lipinski definition) is 0. The Hall–Kier alpha value is -1.06. The second-order valence-corrected chi connectivity index (χ2v) is 8.34. The number of carbonyl (C=O) groups is 2. The van der Waals surface area contributed by atoms with Crippen molar-refractivity contribution in [2.75, 3.05) is 13.7 Å². The number of carbonyl (C=O) groups excluding carboxylic acids is 2. The van der Waals surface area contributed by atoms with Gasteiger partial charge in [-0.3, -0.25) is 9.59 Å². The largest absolute Gasteiger partial charge is 0.469 e. The van der Waals surface area contributed by atoms with Crippen LogP contribution in [0, 0.1) is 35.5 Å². The molecule has 4 nitrogen and oxygen atoms in total. The van der Waals surface area contributed by atoms with Gasteiger partial charge < -0.3 is 9.47 Å². The number of fused-ring (bicyclic) bond motifs is 2. The quantitative estimate of drug-likeness (QED) is 0.591. The predicted octanol–water partition coefficient (Wildman–Crippen LogP) is 5.63. The Morgan fingerprint density at radius 1 is 0.926 bits per heavy atom. The molecule has 158 valence electrons. The lowest BCUT2D eigenvalue weighted by molar-refractivity contribution is -0.154. The van der Waals surface area contributed by atoms with Crippen molar-refractivity contribution in [3.63, 3.8) is 0 Å². The summed E-state index contributed by atoms with van der Waals surface area (Å²) in [5.74, 6) is 3.67. The second kappa shape index (κ2) is 12.4. The van der Waals surface area contributed by atoms with Crippen LogP contribution < -0.4 is 0 Å². The highest BCUT2D eigenvalue weighted by Crippen LogP contribution is 2.52. The van der Waals surface area contributed by atoms with E-state index in [1.165, 1.54) is 65.4 Å². The van der Waals surface area contributed by atoms with Gasteiger partial charge in [-0.25, -0.2) is 0 Å². The molecule has 0 amide bonds. The van der Waals surface area contributed by atoms with Gasteiger partial charge >= 0.3 is 11.9 Å². The average Bonchev–Trinajstić information content (AvgIpc) is 3.30. The first kappa shape index (κ1) is 24.0. The zero-order chi connectivity index (χ0) is 20.4. The molecule has 2 bridgehead atoms. The Kier molecular flexibility index (Phi) is 11.0. The van der Waals surface area contributed by atoms with Crippen LogP contribution in [0.25, 0.3) is 0 Å². The van der Waals surface area contributed by atoms with Crippen LogP contribution in [0.15, 0.2) is 0 Å². The van der Waals surface area contributed by atoms with Crippen LogP contribution in [0.4, 0.5) is 0 Å². The van der Waals surface area contributed by atoms with E-state index in [-0.39, 0.29) is 17.9 Å². The van der Waals surface area contributed by atoms with E-state index in [0.717, 1.165) is 11.8 Å². The summed E-state index contributed by atoms with van der Waals surface area (Å²) >= 11 is 0. The smallest absolute Gasteiger partial charge is 0.309 e. The maximum Gasteiger partial charge on any atom is 0.309 e. The monoisotopic (exact) mass is 382 g/mol. The molecule has 3 aliphatic carbocycles. The standard InChI is InChI=1S/C18H30O2.C3H6O2.C2H6/c1-3-13-4-6-14(7-5-13)11-20-18(19)17-12(2)15-8-9-16(17)10-15;1-3(4)5-2;1-2/h12-17H,3-11H2,1-2H3;1-2H3;1-2H3. The minimum absolute atomic E-state index is 0.127. The lowest BCUT2D eigenvalue weighted by Gasteiger charge is -2.29. The van der Waals surface area contributed by atoms with E-state index in [2.05, 4.69) is 18.6 Å². The normalized spacial score (nSPS) is 33.9. The molecule has 0 saturated heterocycles. The molecule has 0 aromatic carbocycles. The molecule has 4 atom stereocenters. The van der Waals surface area contributed by atoms with E-state index in [1.54, 1.807) is 0 Å². The summed E-state index contributed by atoms with van der Waals surface area (Å²) in [6.45, 7) is 10.6. The fraction of sp³-hybridized carbons (Fsp3) is 0.913. The highest BCUT2D eigenvalue weighted by Gasteiger charge is 2.49. The van der Waals surface area contributed by atoms with Gasteiger partial charge in [-0.05, 0) is 61.7 Å². The van der Waals surface area contributed by atoms with Gasteiger partial charge in [-0.15, -0.1) is 0 Å². The average molecular weight is 383 g/mol. The van der Waals surface area contributed by atoms with Gasteiger partial charge in [-0.2, -0.15) is 0 Å². The van der Waals surface area contributed by atoms with Gasteiger partial charge in [0, 0.05) is 6.92 Å². The molecule has 4 unspecified atom stereocenters. The number of hydrogen-bond acceptors (Lipinski definition) is 4. The third kappa shape index (κ3) is 7.12. The molecule has 0 aromatic rings. The van der Waals surface area contributed by atoms with Crippen LogP contribution >= 0.6 is 0 Å². The van der Waals surface area contributed by atoms with Crippen molar-refractivity contribution in [3.8, 4) is 0 Å².